The predicted octanol–water partition coefficient (Wildman–Crippen LogP) is 2.29. The second-order valence-electron chi connectivity index (χ2n) is 7.22. The molecule has 0 radical (unpaired) electrons. The standard InChI is InChI=1S/C16H30N2O2/c1-13-6-4-7-16(10-13,15(19)20)12-18-9-5-8-17(3)11-14(18)2/h13-14H,4-12H2,1-3H3,(H,19,20). The van der Waals surface area contributed by atoms with Crippen molar-refractivity contribution < 1.29 is 9.90 Å². The van der Waals surface area contributed by atoms with Gasteiger partial charge >= 0.3 is 5.97 Å². The molecule has 1 N–H and O–H groups in total. The third kappa shape index (κ3) is 3.53. The van der Waals surface area contributed by atoms with E-state index in [0.717, 1.165) is 51.9 Å². The molecule has 0 aromatic carbocycles. The van der Waals surface area contributed by atoms with E-state index in [-0.39, 0.29) is 0 Å². The molecule has 3 atom stereocenters. The van der Waals surface area contributed by atoms with Crippen molar-refractivity contribution >= 4 is 5.97 Å². The van der Waals surface area contributed by atoms with Gasteiger partial charge in [-0.1, -0.05) is 19.8 Å². The maximum atomic E-state index is 11.9. The second-order valence-corrected chi connectivity index (χ2v) is 7.22. The summed E-state index contributed by atoms with van der Waals surface area (Å²) in [5, 5.41) is 9.81. The monoisotopic (exact) mass is 282 g/mol. The minimum atomic E-state index is -0.575. The summed E-state index contributed by atoms with van der Waals surface area (Å²) in [6.07, 6.45) is 5.10. The zero-order valence-corrected chi connectivity index (χ0v) is 13.3. The highest BCUT2D eigenvalue weighted by atomic mass is 16.4. The Labute approximate surface area is 123 Å². The zero-order chi connectivity index (χ0) is 14.8. The molecular formula is C16H30N2O2. The quantitative estimate of drug-likeness (QED) is 0.862. The van der Waals surface area contributed by atoms with Gasteiger partial charge in [-0.25, -0.2) is 0 Å². The molecule has 1 heterocycles. The van der Waals surface area contributed by atoms with E-state index in [1.165, 1.54) is 6.42 Å². The maximum Gasteiger partial charge on any atom is 0.310 e. The highest BCUT2D eigenvalue weighted by Crippen LogP contribution is 2.40. The number of hydrogen-bond acceptors (Lipinski definition) is 3. The summed E-state index contributed by atoms with van der Waals surface area (Å²) in [6, 6.07) is 0.455. The molecule has 20 heavy (non-hydrogen) atoms. The maximum absolute atomic E-state index is 11.9. The van der Waals surface area contributed by atoms with Crippen LogP contribution in [0.5, 0.6) is 0 Å². The van der Waals surface area contributed by atoms with E-state index >= 15 is 0 Å². The molecule has 3 unspecified atom stereocenters. The number of hydrogen-bond donors (Lipinski definition) is 1. The molecule has 0 bridgehead atoms. The van der Waals surface area contributed by atoms with Crippen LogP contribution in [0.25, 0.3) is 0 Å². The van der Waals surface area contributed by atoms with Gasteiger partial charge < -0.3 is 10.0 Å². The minimum absolute atomic E-state index is 0.455. The lowest BCUT2D eigenvalue weighted by molar-refractivity contribution is -0.154. The Balaban J connectivity index is 2.09. The Bertz CT molecular complexity index is 347. The highest BCUT2D eigenvalue weighted by Gasteiger charge is 2.43. The van der Waals surface area contributed by atoms with Crippen LogP contribution in [-0.4, -0.2) is 60.1 Å². The van der Waals surface area contributed by atoms with Gasteiger partial charge in [-0.3, -0.25) is 9.69 Å². The van der Waals surface area contributed by atoms with Crippen molar-refractivity contribution in [2.75, 3.05) is 33.2 Å². The lowest BCUT2D eigenvalue weighted by Gasteiger charge is -2.41. The molecule has 2 rings (SSSR count). The van der Waals surface area contributed by atoms with Crippen LogP contribution in [0, 0.1) is 11.3 Å². The first-order chi connectivity index (χ1) is 9.43. The van der Waals surface area contributed by atoms with Gasteiger partial charge in [0, 0.05) is 19.1 Å². The number of aliphatic carboxylic acids is 1. The van der Waals surface area contributed by atoms with E-state index in [0.29, 0.717) is 12.0 Å². The van der Waals surface area contributed by atoms with Crippen LogP contribution < -0.4 is 0 Å². The van der Waals surface area contributed by atoms with E-state index in [1.54, 1.807) is 0 Å². The number of carboxylic acids is 1. The molecule has 116 valence electrons. The third-order valence-electron chi connectivity index (χ3n) is 5.24. The van der Waals surface area contributed by atoms with Gasteiger partial charge in [0.1, 0.15) is 0 Å². The first kappa shape index (κ1) is 15.8. The minimum Gasteiger partial charge on any atom is -0.481 e. The summed E-state index contributed by atoms with van der Waals surface area (Å²) in [7, 11) is 2.16. The first-order valence-electron chi connectivity index (χ1n) is 8.09. The van der Waals surface area contributed by atoms with E-state index in [2.05, 4.69) is 30.7 Å². The fraction of sp³-hybridized carbons (Fsp3) is 0.938. The Hall–Kier alpha value is -0.610. The van der Waals surface area contributed by atoms with Crippen molar-refractivity contribution in [3.05, 3.63) is 0 Å². The first-order valence-corrected chi connectivity index (χ1v) is 8.09. The van der Waals surface area contributed by atoms with Crippen molar-refractivity contribution in [2.24, 2.45) is 11.3 Å². The van der Waals surface area contributed by atoms with E-state index in [4.69, 9.17) is 0 Å². The molecule has 4 nitrogen and oxygen atoms in total. The van der Waals surface area contributed by atoms with Crippen LogP contribution in [0.1, 0.15) is 46.0 Å². The summed E-state index contributed by atoms with van der Waals surface area (Å²) in [4.78, 5) is 16.7. The van der Waals surface area contributed by atoms with Crippen LogP contribution in [-0.2, 0) is 4.79 Å². The fourth-order valence-corrected chi connectivity index (χ4v) is 4.11. The van der Waals surface area contributed by atoms with E-state index < -0.39 is 11.4 Å². The molecule has 0 spiro atoms. The van der Waals surface area contributed by atoms with Crippen molar-refractivity contribution in [2.45, 2.75) is 52.0 Å². The fourth-order valence-electron chi connectivity index (χ4n) is 4.11. The number of carbonyl (C=O) groups is 1. The Morgan fingerprint density at radius 3 is 2.70 bits per heavy atom. The zero-order valence-electron chi connectivity index (χ0n) is 13.3. The van der Waals surface area contributed by atoms with Crippen LogP contribution in [0.3, 0.4) is 0 Å². The predicted molar refractivity (Wildman–Crippen MR) is 80.8 cm³/mol. The van der Waals surface area contributed by atoms with Crippen molar-refractivity contribution in [1.29, 1.82) is 0 Å². The van der Waals surface area contributed by atoms with Gasteiger partial charge in [0.25, 0.3) is 0 Å². The van der Waals surface area contributed by atoms with Crippen molar-refractivity contribution in [3.8, 4) is 0 Å². The van der Waals surface area contributed by atoms with Gasteiger partial charge in [-0.05, 0) is 52.2 Å². The van der Waals surface area contributed by atoms with Crippen molar-refractivity contribution in [1.82, 2.24) is 9.80 Å². The highest BCUT2D eigenvalue weighted by molar-refractivity contribution is 5.75. The number of rotatable bonds is 3. The van der Waals surface area contributed by atoms with Crippen LogP contribution in [0.2, 0.25) is 0 Å². The largest absolute Gasteiger partial charge is 0.481 e. The molecule has 1 saturated carbocycles. The molecule has 4 heteroatoms. The third-order valence-corrected chi connectivity index (χ3v) is 5.24. The summed E-state index contributed by atoms with van der Waals surface area (Å²) >= 11 is 0. The normalized spacial score (nSPS) is 37.5. The molecule has 0 amide bonds. The summed E-state index contributed by atoms with van der Waals surface area (Å²) in [6.45, 7) is 8.39. The van der Waals surface area contributed by atoms with Gasteiger partial charge in [-0.15, -0.1) is 0 Å². The van der Waals surface area contributed by atoms with Gasteiger partial charge in [0.2, 0.25) is 0 Å². The van der Waals surface area contributed by atoms with E-state index in [1.807, 2.05) is 0 Å². The van der Waals surface area contributed by atoms with Gasteiger partial charge in [0.05, 0.1) is 5.41 Å². The second kappa shape index (κ2) is 6.44. The van der Waals surface area contributed by atoms with E-state index in [9.17, 15) is 9.90 Å². The Kier molecular flexibility index (Phi) is 5.08. The van der Waals surface area contributed by atoms with Crippen molar-refractivity contribution in [3.63, 3.8) is 0 Å². The average molecular weight is 282 g/mol. The van der Waals surface area contributed by atoms with Gasteiger partial charge in [-0.2, -0.15) is 0 Å². The van der Waals surface area contributed by atoms with Gasteiger partial charge in [0.15, 0.2) is 0 Å². The smallest absolute Gasteiger partial charge is 0.310 e. The Morgan fingerprint density at radius 2 is 2.05 bits per heavy atom. The average Bonchev–Trinajstić information content (AvgIpc) is 2.51. The molecule has 2 aliphatic rings. The van der Waals surface area contributed by atoms with Crippen LogP contribution >= 0.6 is 0 Å². The molecule has 0 aromatic heterocycles. The SMILES string of the molecule is CC1CCCC(CN2CCCN(C)CC2C)(C(=O)O)C1. The lowest BCUT2D eigenvalue weighted by Crippen LogP contribution is -2.49. The number of likely N-dealkylation sites (N-methyl/N-ethyl adjacent to an activating group) is 1. The molecule has 1 aliphatic heterocycles. The topological polar surface area (TPSA) is 43.8 Å². The number of carboxylic acid groups (broad SMARTS) is 1. The summed E-state index contributed by atoms with van der Waals surface area (Å²) in [5.74, 6) is -0.0290. The van der Waals surface area contributed by atoms with Crippen LogP contribution in [0.4, 0.5) is 0 Å². The number of nitrogens with zero attached hydrogens (tertiary/aromatic N) is 2. The molecule has 1 saturated heterocycles. The van der Waals surface area contributed by atoms with Crippen LogP contribution in [0.15, 0.2) is 0 Å². The molecular weight excluding hydrogens is 252 g/mol. The molecule has 0 aromatic rings. The molecule has 2 fully saturated rings. The lowest BCUT2D eigenvalue weighted by atomic mass is 9.69. The molecule has 1 aliphatic carbocycles. The summed E-state index contributed by atoms with van der Waals surface area (Å²) < 4.78 is 0. The summed E-state index contributed by atoms with van der Waals surface area (Å²) in [5.41, 5.74) is -0.505. The Morgan fingerprint density at radius 1 is 1.30 bits per heavy atom.